The van der Waals surface area contributed by atoms with Crippen LogP contribution in [-0.4, -0.2) is 24.5 Å². The molecular weight excluding hydrogens is 306 g/mol. The zero-order valence-electron chi connectivity index (χ0n) is 11.5. The van der Waals surface area contributed by atoms with Crippen LogP contribution in [0.3, 0.4) is 0 Å². The molecule has 0 N–H and O–H groups in total. The number of likely N-dealkylation sites (tertiary alicyclic amines) is 1. The largest absolute Gasteiger partial charge is 0.496 e. The normalized spacial score (nSPS) is 19.0. The third-order valence-corrected chi connectivity index (χ3v) is 4.09. The van der Waals surface area contributed by atoms with Gasteiger partial charge < -0.3 is 9.64 Å². The van der Waals surface area contributed by atoms with Gasteiger partial charge in [-0.15, -0.1) is 0 Å². The van der Waals surface area contributed by atoms with Gasteiger partial charge in [0.1, 0.15) is 5.75 Å². The molecule has 1 atom stereocenters. The lowest BCUT2D eigenvalue weighted by atomic mass is 10.0. The first-order valence-corrected chi connectivity index (χ1v) is 7.53. The summed E-state index contributed by atoms with van der Waals surface area (Å²) in [5.74, 6) is 1.63. The summed E-state index contributed by atoms with van der Waals surface area (Å²) in [6, 6.07) is 5.91. The average molecular weight is 326 g/mol. The lowest BCUT2D eigenvalue weighted by Gasteiger charge is -2.18. The second kappa shape index (κ2) is 6.42. The quantitative estimate of drug-likeness (QED) is 0.827. The molecule has 1 aliphatic rings. The minimum atomic E-state index is 0.264. The lowest BCUT2D eigenvalue weighted by molar-refractivity contribution is -0.128. The highest BCUT2D eigenvalue weighted by Crippen LogP contribution is 2.28. The Labute approximate surface area is 123 Å². The van der Waals surface area contributed by atoms with Gasteiger partial charge in [-0.2, -0.15) is 0 Å². The van der Waals surface area contributed by atoms with Crippen molar-refractivity contribution in [2.45, 2.75) is 32.7 Å². The monoisotopic (exact) mass is 325 g/mol. The summed E-state index contributed by atoms with van der Waals surface area (Å²) in [4.78, 5) is 14.0. The Morgan fingerprint density at radius 3 is 2.95 bits per heavy atom. The third kappa shape index (κ3) is 3.50. The number of carbonyl (C=O) groups is 1. The van der Waals surface area contributed by atoms with Crippen molar-refractivity contribution in [1.82, 2.24) is 4.90 Å². The van der Waals surface area contributed by atoms with Crippen LogP contribution in [0.4, 0.5) is 0 Å². The molecular formula is C15H20BrNO2. The molecule has 1 saturated heterocycles. The molecule has 0 aliphatic carbocycles. The summed E-state index contributed by atoms with van der Waals surface area (Å²) in [5.41, 5.74) is 1.06. The second-order valence-corrected chi connectivity index (χ2v) is 6.00. The maximum absolute atomic E-state index is 12.0. The van der Waals surface area contributed by atoms with Gasteiger partial charge in [-0.05, 0) is 30.5 Å². The molecule has 0 saturated carbocycles. The Hall–Kier alpha value is -1.03. The van der Waals surface area contributed by atoms with Crippen molar-refractivity contribution < 1.29 is 9.53 Å². The summed E-state index contributed by atoms with van der Waals surface area (Å²) >= 11 is 3.47. The number of amides is 1. The third-order valence-electron chi connectivity index (χ3n) is 3.60. The summed E-state index contributed by atoms with van der Waals surface area (Å²) in [6.07, 6.45) is 2.98. The first kappa shape index (κ1) is 14.4. The molecule has 1 aromatic rings. The molecule has 19 heavy (non-hydrogen) atoms. The fourth-order valence-electron chi connectivity index (χ4n) is 2.68. The molecule has 1 amide bonds. The molecule has 1 aliphatic heterocycles. The van der Waals surface area contributed by atoms with Crippen LogP contribution in [0.5, 0.6) is 5.75 Å². The highest BCUT2D eigenvalue weighted by Gasteiger charge is 2.29. The van der Waals surface area contributed by atoms with Crippen molar-refractivity contribution in [2.75, 3.05) is 13.7 Å². The fourth-order valence-corrected chi connectivity index (χ4v) is 3.09. The molecule has 1 aromatic carbocycles. The van der Waals surface area contributed by atoms with Gasteiger partial charge in [0.25, 0.3) is 0 Å². The van der Waals surface area contributed by atoms with Crippen molar-refractivity contribution in [1.29, 1.82) is 0 Å². The van der Waals surface area contributed by atoms with Crippen molar-refractivity contribution >= 4 is 21.8 Å². The number of methoxy groups -OCH3 is 1. The van der Waals surface area contributed by atoms with E-state index in [0.29, 0.717) is 18.9 Å². The molecule has 1 heterocycles. The maximum atomic E-state index is 12.0. The molecule has 0 radical (unpaired) electrons. The zero-order chi connectivity index (χ0) is 13.8. The van der Waals surface area contributed by atoms with E-state index >= 15 is 0 Å². The van der Waals surface area contributed by atoms with Gasteiger partial charge >= 0.3 is 0 Å². The molecule has 4 heteroatoms. The highest BCUT2D eigenvalue weighted by molar-refractivity contribution is 9.10. The highest BCUT2D eigenvalue weighted by atomic mass is 79.9. The summed E-state index contributed by atoms with van der Waals surface area (Å²) < 4.78 is 6.38. The van der Waals surface area contributed by atoms with Crippen LogP contribution in [-0.2, 0) is 11.3 Å². The summed E-state index contributed by atoms with van der Waals surface area (Å²) in [7, 11) is 1.67. The van der Waals surface area contributed by atoms with Crippen molar-refractivity contribution in [3.05, 3.63) is 28.2 Å². The van der Waals surface area contributed by atoms with Crippen LogP contribution < -0.4 is 4.74 Å². The molecule has 0 aromatic heterocycles. The summed E-state index contributed by atoms with van der Waals surface area (Å²) in [5, 5.41) is 0. The van der Waals surface area contributed by atoms with E-state index in [0.717, 1.165) is 35.2 Å². The van der Waals surface area contributed by atoms with E-state index in [-0.39, 0.29) is 5.91 Å². The summed E-state index contributed by atoms with van der Waals surface area (Å²) in [6.45, 7) is 3.69. The predicted molar refractivity (Wildman–Crippen MR) is 79.1 cm³/mol. The molecule has 0 bridgehead atoms. The average Bonchev–Trinajstić information content (AvgIpc) is 2.71. The topological polar surface area (TPSA) is 29.5 Å². The standard InChI is InChI=1S/C15H20BrNO2/c1-3-4-11-7-15(18)17(9-11)10-12-8-13(16)5-6-14(12)19-2/h5-6,8,11H,3-4,7,9-10H2,1-2H3. The maximum Gasteiger partial charge on any atom is 0.223 e. The van der Waals surface area contributed by atoms with Crippen molar-refractivity contribution in [3.63, 3.8) is 0 Å². The smallest absolute Gasteiger partial charge is 0.223 e. The van der Waals surface area contributed by atoms with Crippen molar-refractivity contribution in [3.8, 4) is 5.75 Å². The van der Waals surface area contributed by atoms with Crippen LogP contribution >= 0.6 is 15.9 Å². The van der Waals surface area contributed by atoms with Crippen LogP contribution in [0.25, 0.3) is 0 Å². The molecule has 3 nitrogen and oxygen atoms in total. The van der Waals surface area contributed by atoms with Gasteiger partial charge in [0.2, 0.25) is 5.91 Å². The first-order valence-electron chi connectivity index (χ1n) is 6.74. The molecule has 2 rings (SSSR count). The van der Waals surface area contributed by atoms with E-state index < -0.39 is 0 Å². The Bertz CT molecular complexity index is 461. The van der Waals surface area contributed by atoms with E-state index in [2.05, 4.69) is 22.9 Å². The number of hydrogen-bond acceptors (Lipinski definition) is 2. The van der Waals surface area contributed by atoms with Gasteiger partial charge in [-0.1, -0.05) is 29.3 Å². The number of hydrogen-bond donors (Lipinski definition) is 0. The molecule has 1 unspecified atom stereocenters. The van der Waals surface area contributed by atoms with Gasteiger partial charge in [-0.25, -0.2) is 0 Å². The molecule has 0 spiro atoms. The number of halogens is 1. The molecule has 1 fully saturated rings. The van der Waals surface area contributed by atoms with E-state index in [1.807, 2.05) is 23.1 Å². The van der Waals surface area contributed by atoms with Gasteiger partial charge in [0.15, 0.2) is 0 Å². The minimum Gasteiger partial charge on any atom is -0.496 e. The SMILES string of the molecule is CCCC1CC(=O)N(Cc2cc(Br)ccc2OC)C1. The number of carbonyl (C=O) groups excluding carboxylic acids is 1. The van der Waals surface area contributed by atoms with Crippen LogP contribution in [0.15, 0.2) is 22.7 Å². The lowest BCUT2D eigenvalue weighted by Crippen LogP contribution is -2.24. The Morgan fingerprint density at radius 1 is 1.47 bits per heavy atom. The Kier molecular flexibility index (Phi) is 4.86. The predicted octanol–water partition coefficient (Wildman–Crippen LogP) is 3.61. The Balaban J connectivity index is 2.09. The number of nitrogens with zero attached hydrogens (tertiary/aromatic N) is 1. The van der Waals surface area contributed by atoms with Gasteiger partial charge in [-0.3, -0.25) is 4.79 Å². The Morgan fingerprint density at radius 2 is 2.26 bits per heavy atom. The molecule has 104 valence electrons. The number of rotatable bonds is 5. The van der Waals surface area contributed by atoms with E-state index in [1.165, 1.54) is 0 Å². The van der Waals surface area contributed by atoms with Crippen LogP contribution in [0, 0.1) is 5.92 Å². The first-order chi connectivity index (χ1) is 9.13. The van der Waals surface area contributed by atoms with Gasteiger partial charge in [0, 0.05) is 29.5 Å². The van der Waals surface area contributed by atoms with Crippen LogP contribution in [0.2, 0.25) is 0 Å². The fraction of sp³-hybridized carbons (Fsp3) is 0.533. The van der Waals surface area contributed by atoms with E-state index in [9.17, 15) is 4.79 Å². The number of benzene rings is 1. The van der Waals surface area contributed by atoms with E-state index in [1.54, 1.807) is 7.11 Å². The zero-order valence-corrected chi connectivity index (χ0v) is 13.1. The van der Waals surface area contributed by atoms with Crippen molar-refractivity contribution in [2.24, 2.45) is 5.92 Å². The second-order valence-electron chi connectivity index (χ2n) is 5.09. The van der Waals surface area contributed by atoms with E-state index in [4.69, 9.17) is 4.74 Å². The minimum absolute atomic E-state index is 0.264. The van der Waals surface area contributed by atoms with Gasteiger partial charge in [0.05, 0.1) is 7.11 Å². The number of ether oxygens (including phenoxy) is 1. The van der Waals surface area contributed by atoms with Crippen LogP contribution in [0.1, 0.15) is 31.7 Å².